The third kappa shape index (κ3) is 3.96. The topological polar surface area (TPSA) is 92.6 Å². The first-order valence-corrected chi connectivity index (χ1v) is 11.0. The number of thiophene rings is 1. The molecular formula is C19H15N3O4S3. The zero-order valence-electron chi connectivity index (χ0n) is 15.0. The molecule has 1 aromatic heterocycles. The summed E-state index contributed by atoms with van der Waals surface area (Å²) in [5.74, 6) is -0.756. The molecule has 1 aliphatic carbocycles. The number of fused-ring (bicyclic) bond motifs is 1. The number of aryl methyl sites for hydroxylation is 1. The number of non-ortho nitro benzene ring substituents is 1. The molecule has 7 nitrogen and oxygen atoms in total. The van der Waals surface area contributed by atoms with Crippen molar-refractivity contribution in [3.63, 3.8) is 0 Å². The molecule has 2 aliphatic rings. The lowest BCUT2D eigenvalue weighted by atomic mass is 9.96. The fourth-order valence-electron chi connectivity index (χ4n) is 3.25. The number of carbonyl (C=O) groups excluding carboxylic acids is 2. The number of nitrogens with zero attached hydrogens (tertiary/aromatic N) is 2. The van der Waals surface area contributed by atoms with Crippen molar-refractivity contribution < 1.29 is 14.5 Å². The van der Waals surface area contributed by atoms with E-state index in [0.717, 1.165) is 48.0 Å². The van der Waals surface area contributed by atoms with Gasteiger partial charge < -0.3 is 0 Å². The molecule has 0 radical (unpaired) electrons. The Bertz CT molecular complexity index is 1060. The highest BCUT2D eigenvalue weighted by Crippen LogP contribution is 2.33. The molecule has 1 fully saturated rings. The largest absolute Gasteiger partial charge is 0.285 e. The number of nitro benzene ring substituents is 1. The van der Waals surface area contributed by atoms with Crippen LogP contribution in [0.2, 0.25) is 0 Å². The lowest BCUT2D eigenvalue weighted by Gasteiger charge is -2.17. The van der Waals surface area contributed by atoms with E-state index in [9.17, 15) is 19.7 Å². The summed E-state index contributed by atoms with van der Waals surface area (Å²) in [5.41, 5.74) is 4.92. The van der Waals surface area contributed by atoms with Gasteiger partial charge in [-0.2, -0.15) is 5.01 Å². The maximum absolute atomic E-state index is 12.7. The number of thiocarbonyl (C=S) groups is 1. The van der Waals surface area contributed by atoms with E-state index < -0.39 is 10.8 Å². The molecular weight excluding hydrogens is 430 g/mol. The van der Waals surface area contributed by atoms with Gasteiger partial charge in [0.1, 0.15) is 0 Å². The number of hydrazine groups is 1. The molecule has 1 aliphatic heterocycles. The summed E-state index contributed by atoms with van der Waals surface area (Å²) in [6.45, 7) is 0. The molecule has 1 N–H and O–H groups in total. The van der Waals surface area contributed by atoms with E-state index in [1.165, 1.54) is 17.0 Å². The van der Waals surface area contributed by atoms with Crippen LogP contribution in [0.3, 0.4) is 0 Å². The van der Waals surface area contributed by atoms with E-state index in [1.54, 1.807) is 29.5 Å². The smallest absolute Gasteiger partial charge is 0.267 e. The van der Waals surface area contributed by atoms with E-state index in [-0.39, 0.29) is 15.9 Å². The van der Waals surface area contributed by atoms with Crippen LogP contribution in [0.4, 0.5) is 5.69 Å². The first-order valence-electron chi connectivity index (χ1n) is 8.86. The van der Waals surface area contributed by atoms with Crippen LogP contribution in [0.15, 0.2) is 34.6 Å². The van der Waals surface area contributed by atoms with Crippen LogP contribution in [0.5, 0.6) is 0 Å². The van der Waals surface area contributed by atoms with E-state index in [4.69, 9.17) is 12.2 Å². The maximum Gasteiger partial charge on any atom is 0.285 e. The van der Waals surface area contributed by atoms with Crippen molar-refractivity contribution in [2.75, 3.05) is 0 Å². The van der Waals surface area contributed by atoms with Gasteiger partial charge in [-0.3, -0.25) is 25.1 Å². The molecule has 4 rings (SSSR count). The van der Waals surface area contributed by atoms with Crippen LogP contribution >= 0.6 is 35.3 Å². The number of carbonyl (C=O) groups is 2. The molecule has 1 saturated heterocycles. The molecule has 0 unspecified atom stereocenters. The molecule has 1 aromatic carbocycles. The predicted octanol–water partition coefficient (Wildman–Crippen LogP) is 4.08. The van der Waals surface area contributed by atoms with Crippen molar-refractivity contribution in [2.45, 2.75) is 25.7 Å². The fourth-order valence-corrected chi connectivity index (χ4v) is 5.56. The van der Waals surface area contributed by atoms with Gasteiger partial charge in [-0.1, -0.05) is 11.8 Å². The van der Waals surface area contributed by atoms with E-state index >= 15 is 0 Å². The van der Waals surface area contributed by atoms with Crippen LogP contribution in [-0.4, -0.2) is 26.1 Å². The lowest BCUT2D eigenvalue weighted by molar-refractivity contribution is -0.384. The summed E-state index contributed by atoms with van der Waals surface area (Å²) < 4.78 is 0.237. The van der Waals surface area contributed by atoms with Crippen LogP contribution in [0.25, 0.3) is 6.08 Å². The average molecular weight is 446 g/mol. The van der Waals surface area contributed by atoms with E-state index in [2.05, 4.69) is 5.43 Å². The minimum atomic E-state index is -0.484. The van der Waals surface area contributed by atoms with Gasteiger partial charge in [0.05, 0.1) is 15.4 Å². The van der Waals surface area contributed by atoms with Crippen LogP contribution in [0, 0.1) is 10.1 Å². The number of benzene rings is 1. The molecule has 0 spiro atoms. The third-order valence-corrected chi connectivity index (χ3v) is 7.11. The van der Waals surface area contributed by atoms with Gasteiger partial charge in [0, 0.05) is 22.4 Å². The summed E-state index contributed by atoms with van der Waals surface area (Å²) in [5, 5.41) is 13.7. The monoisotopic (exact) mass is 445 g/mol. The molecule has 10 heteroatoms. The molecule has 148 valence electrons. The Labute approximate surface area is 179 Å². The first-order chi connectivity index (χ1) is 13.9. The Balaban J connectivity index is 1.50. The summed E-state index contributed by atoms with van der Waals surface area (Å²) in [6, 6.07) is 5.85. The number of nitro groups is 1. The van der Waals surface area contributed by atoms with Gasteiger partial charge >= 0.3 is 0 Å². The van der Waals surface area contributed by atoms with Crippen molar-refractivity contribution in [1.29, 1.82) is 0 Å². The quantitative estimate of drug-likeness (QED) is 0.330. The number of hydrogen-bond donors (Lipinski definition) is 1. The van der Waals surface area contributed by atoms with Gasteiger partial charge in [-0.05, 0) is 67.2 Å². The molecule has 2 heterocycles. The van der Waals surface area contributed by atoms with Gasteiger partial charge in [-0.25, -0.2) is 0 Å². The Morgan fingerprint density at radius 3 is 2.69 bits per heavy atom. The summed E-state index contributed by atoms with van der Waals surface area (Å²) >= 11 is 7.92. The number of nitrogens with one attached hydrogen (secondary N) is 1. The SMILES string of the molecule is O=C(NN1C(=O)C(=Cc2ccc([N+](=O)[O-])cc2)SC1=S)c1csc2c1CCCC2. The molecule has 0 saturated carbocycles. The summed E-state index contributed by atoms with van der Waals surface area (Å²) in [7, 11) is 0. The Kier molecular flexibility index (Phi) is 5.48. The van der Waals surface area contributed by atoms with Crippen LogP contribution < -0.4 is 5.43 Å². The van der Waals surface area contributed by atoms with Gasteiger partial charge in [0.25, 0.3) is 17.5 Å². The Morgan fingerprint density at radius 1 is 1.24 bits per heavy atom. The zero-order valence-corrected chi connectivity index (χ0v) is 17.5. The van der Waals surface area contributed by atoms with Gasteiger partial charge in [-0.15, -0.1) is 11.3 Å². The highest BCUT2D eigenvalue weighted by molar-refractivity contribution is 8.26. The van der Waals surface area contributed by atoms with E-state index in [1.807, 2.05) is 5.38 Å². The molecule has 29 heavy (non-hydrogen) atoms. The normalized spacial score (nSPS) is 17.5. The van der Waals surface area contributed by atoms with Crippen LogP contribution in [0.1, 0.15) is 39.2 Å². The highest BCUT2D eigenvalue weighted by atomic mass is 32.2. The standard InChI is InChI=1S/C19H15N3O4S3/c23-17(14-10-28-15-4-2-1-3-13(14)15)20-21-18(24)16(29-19(21)27)9-11-5-7-12(8-6-11)22(25)26/h5-10H,1-4H2,(H,20,23). The van der Waals surface area contributed by atoms with Crippen molar-refractivity contribution in [2.24, 2.45) is 0 Å². The van der Waals surface area contributed by atoms with Gasteiger partial charge in [0.15, 0.2) is 4.32 Å². The molecule has 0 atom stereocenters. The second-order valence-corrected chi connectivity index (χ2v) is 9.20. The number of thioether (sulfide) groups is 1. The Morgan fingerprint density at radius 2 is 1.97 bits per heavy atom. The zero-order chi connectivity index (χ0) is 20.5. The highest BCUT2D eigenvalue weighted by Gasteiger charge is 2.34. The van der Waals surface area contributed by atoms with E-state index in [0.29, 0.717) is 16.0 Å². The molecule has 0 bridgehead atoms. The molecule has 2 amide bonds. The summed E-state index contributed by atoms with van der Waals surface area (Å²) in [6.07, 6.45) is 5.66. The number of amides is 2. The minimum absolute atomic E-state index is 0.0268. The van der Waals surface area contributed by atoms with Crippen LogP contribution in [-0.2, 0) is 17.6 Å². The average Bonchev–Trinajstić information content (AvgIpc) is 3.25. The fraction of sp³-hybridized carbons (Fsp3) is 0.211. The third-order valence-electron chi connectivity index (χ3n) is 4.71. The minimum Gasteiger partial charge on any atom is -0.267 e. The van der Waals surface area contributed by atoms with Crippen molar-refractivity contribution in [3.8, 4) is 0 Å². The maximum atomic E-state index is 12.7. The summed E-state index contributed by atoms with van der Waals surface area (Å²) in [4.78, 5) is 37.3. The second kappa shape index (κ2) is 8.05. The van der Waals surface area contributed by atoms with Crippen molar-refractivity contribution in [3.05, 3.63) is 66.2 Å². The first kappa shape index (κ1) is 19.7. The predicted molar refractivity (Wildman–Crippen MR) is 117 cm³/mol. The lowest BCUT2D eigenvalue weighted by Crippen LogP contribution is -2.45. The second-order valence-electron chi connectivity index (χ2n) is 6.56. The van der Waals surface area contributed by atoms with Crippen molar-refractivity contribution >= 4 is 63.2 Å². The van der Waals surface area contributed by atoms with Gasteiger partial charge in [0.2, 0.25) is 0 Å². The number of hydrogen-bond acceptors (Lipinski definition) is 7. The Hall–Kier alpha value is -2.56. The molecule has 2 aromatic rings. The van der Waals surface area contributed by atoms with Crippen molar-refractivity contribution in [1.82, 2.24) is 10.4 Å². The number of rotatable bonds is 4.